The Balaban J connectivity index is 4.86. The quantitative estimate of drug-likeness (QED) is 0.790. The highest BCUT2D eigenvalue weighted by Gasteiger charge is 2.35. The molecule has 0 saturated heterocycles. The summed E-state index contributed by atoms with van der Waals surface area (Å²) in [6, 6.07) is 0. The Morgan fingerprint density at radius 3 is 1.79 bits per heavy atom. The van der Waals surface area contributed by atoms with E-state index in [1.54, 1.807) is 20.8 Å². The maximum atomic E-state index is 12.4. The first-order valence-corrected chi connectivity index (χ1v) is 5.86. The van der Waals surface area contributed by atoms with Crippen molar-refractivity contribution >= 4 is 11.8 Å². The number of hydrogen-bond donors (Lipinski definition) is 0. The van der Waals surface area contributed by atoms with Crippen molar-refractivity contribution in [1.29, 1.82) is 0 Å². The summed E-state index contributed by atoms with van der Waals surface area (Å²) >= 11 is 0. The maximum absolute atomic E-state index is 12.4. The van der Waals surface area contributed by atoms with Gasteiger partial charge in [-0.15, -0.1) is 0 Å². The molecule has 0 aromatic carbocycles. The van der Waals surface area contributed by atoms with Gasteiger partial charge >= 0.3 is 6.18 Å². The Morgan fingerprint density at radius 1 is 1.00 bits per heavy atom. The lowest BCUT2D eigenvalue weighted by Gasteiger charge is -2.28. The lowest BCUT2D eigenvalue weighted by atomic mass is 9.91. The molecule has 0 unspecified atom stereocenters. The minimum Gasteiger partial charge on any atom is -0.347 e. The van der Waals surface area contributed by atoms with E-state index in [0.29, 0.717) is 4.90 Å². The molecule has 0 aromatic rings. The summed E-state index contributed by atoms with van der Waals surface area (Å²) in [6.45, 7) is 3.31. The zero-order valence-electron chi connectivity index (χ0n) is 12.0. The fourth-order valence-electron chi connectivity index (χ4n) is 1.32. The number of nitrogens with zero attached hydrogens (tertiary/aromatic N) is 2. The predicted octanol–water partition coefficient (Wildman–Crippen LogP) is 1.90. The summed E-state index contributed by atoms with van der Waals surface area (Å²) in [7, 11) is 2.87. The highest BCUT2D eigenvalue weighted by atomic mass is 19.4. The Labute approximate surface area is 111 Å². The van der Waals surface area contributed by atoms with Gasteiger partial charge in [0.2, 0.25) is 11.8 Å². The molecule has 0 heterocycles. The van der Waals surface area contributed by atoms with E-state index in [2.05, 4.69) is 0 Å². The van der Waals surface area contributed by atoms with E-state index in [1.807, 2.05) is 0 Å². The Morgan fingerprint density at radius 2 is 1.47 bits per heavy atom. The van der Waals surface area contributed by atoms with Crippen LogP contribution < -0.4 is 0 Å². The average molecular weight is 282 g/mol. The molecule has 0 N–H and O–H groups in total. The molecule has 0 aliphatic carbocycles. The molecule has 2 amide bonds. The van der Waals surface area contributed by atoms with Crippen LogP contribution in [0.2, 0.25) is 0 Å². The van der Waals surface area contributed by atoms with Crippen LogP contribution in [0.1, 0.15) is 27.2 Å². The zero-order valence-corrected chi connectivity index (χ0v) is 12.0. The largest absolute Gasteiger partial charge is 0.406 e. The fraction of sp³-hybridized carbons (Fsp3) is 0.833. The van der Waals surface area contributed by atoms with Crippen molar-refractivity contribution in [3.8, 4) is 0 Å². The SMILES string of the molecule is CN(C)C(=O)CN(CC(F)(F)F)C(=O)CC(C)(C)C. The summed E-state index contributed by atoms with van der Waals surface area (Å²) in [6.07, 6.45) is -4.55. The van der Waals surface area contributed by atoms with Gasteiger partial charge < -0.3 is 9.80 Å². The van der Waals surface area contributed by atoms with Crippen LogP contribution in [0.4, 0.5) is 13.2 Å². The van der Waals surface area contributed by atoms with Gasteiger partial charge in [-0.25, -0.2) is 0 Å². The predicted molar refractivity (Wildman–Crippen MR) is 65.4 cm³/mol. The normalized spacial score (nSPS) is 12.2. The monoisotopic (exact) mass is 282 g/mol. The highest BCUT2D eigenvalue weighted by molar-refractivity contribution is 5.84. The molecule has 0 aromatic heterocycles. The van der Waals surface area contributed by atoms with E-state index >= 15 is 0 Å². The summed E-state index contributed by atoms with van der Waals surface area (Å²) in [5.41, 5.74) is -0.428. The topological polar surface area (TPSA) is 40.6 Å². The van der Waals surface area contributed by atoms with E-state index in [1.165, 1.54) is 14.1 Å². The first-order valence-electron chi connectivity index (χ1n) is 5.86. The molecule has 0 radical (unpaired) electrons. The van der Waals surface area contributed by atoms with Gasteiger partial charge in [0.15, 0.2) is 0 Å². The second-order valence-electron chi connectivity index (χ2n) is 5.89. The van der Waals surface area contributed by atoms with Gasteiger partial charge in [-0.1, -0.05) is 20.8 Å². The summed E-state index contributed by atoms with van der Waals surface area (Å²) < 4.78 is 37.3. The van der Waals surface area contributed by atoms with Crippen LogP contribution >= 0.6 is 0 Å². The molecule has 0 fully saturated rings. The van der Waals surface area contributed by atoms with Gasteiger partial charge in [-0.2, -0.15) is 13.2 Å². The van der Waals surface area contributed by atoms with Gasteiger partial charge in [-0.3, -0.25) is 9.59 Å². The zero-order chi connectivity index (χ0) is 15.4. The van der Waals surface area contributed by atoms with E-state index < -0.39 is 36.5 Å². The molecule has 0 spiro atoms. The van der Waals surface area contributed by atoms with Crippen molar-refractivity contribution in [3.63, 3.8) is 0 Å². The lowest BCUT2D eigenvalue weighted by molar-refractivity contribution is -0.165. The standard InChI is InChI=1S/C12H21F3N2O2/c1-11(2,3)6-9(18)17(8-12(13,14)15)7-10(19)16(4)5/h6-8H2,1-5H3. The van der Waals surface area contributed by atoms with Crippen molar-refractivity contribution in [3.05, 3.63) is 0 Å². The van der Waals surface area contributed by atoms with Crippen molar-refractivity contribution in [2.24, 2.45) is 5.41 Å². The minimum absolute atomic E-state index is 0.0379. The van der Waals surface area contributed by atoms with Gasteiger partial charge in [-0.05, 0) is 5.41 Å². The van der Waals surface area contributed by atoms with Gasteiger partial charge in [0.25, 0.3) is 0 Å². The number of amides is 2. The maximum Gasteiger partial charge on any atom is 0.406 e. The lowest BCUT2D eigenvalue weighted by Crippen LogP contribution is -2.45. The number of hydrogen-bond acceptors (Lipinski definition) is 2. The van der Waals surface area contributed by atoms with Crippen LogP contribution in [-0.2, 0) is 9.59 Å². The Bertz CT molecular complexity index is 333. The first kappa shape index (κ1) is 17.7. The van der Waals surface area contributed by atoms with Gasteiger partial charge in [0, 0.05) is 20.5 Å². The van der Waals surface area contributed by atoms with E-state index in [9.17, 15) is 22.8 Å². The molecule has 19 heavy (non-hydrogen) atoms. The van der Waals surface area contributed by atoms with Crippen molar-refractivity contribution in [1.82, 2.24) is 9.80 Å². The Hall–Kier alpha value is -1.27. The van der Waals surface area contributed by atoms with Crippen molar-refractivity contribution in [2.75, 3.05) is 27.2 Å². The fourth-order valence-corrected chi connectivity index (χ4v) is 1.32. The number of halogens is 3. The van der Waals surface area contributed by atoms with Crippen LogP contribution in [0.5, 0.6) is 0 Å². The van der Waals surface area contributed by atoms with Crippen LogP contribution in [0.3, 0.4) is 0 Å². The number of likely N-dealkylation sites (N-methyl/N-ethyl adjacent to an activating group) is 1. The van der Waals surface area contributed by atoms with Gasteiger partial charge in [0.1, 0.15) is 13.1 Å². The number of alkyl halides is 3. The number of carbonyl (C=O) groups is 2. The molecule has 0 aliphatic heterocycles. The molecule has 0 saturated carbocycles. The third-order valence-electron chi connectivity index (χ3n) is 2.23. The third kappa shape index (κ3) is 8.45. The number of rotatable bonds is 4. The van der Waals surface area contributed by atoms with E-state index in [-0.39, 0.29) is 6.42 Å². The summed E-state index contributed by atoms with van der Waals surface area (Å²) in [4.78, 5) is 25.0. The second kappa shape index (κ2) is 6.25. The molecule has 4 nitrogen and oxygen atoms in total. The molecule has 7 heteroatoms. The molecule has 0 bridgehead atoms. The Kier molecular flexibility index (Phi) is 5.83. The molecule has 112 valence electrons. The number of carbonyl (C=O) groups excluding carboxylic acids is 2. The second-order valence-corrected chi connectivity index (χ2v) is 5.89. The van der Waals surface area contributed by atoms with Crippen molar-refractivity contribution in [2.45, 2.75) is 33.4 Å². The van der Waals surface area contributed by atoms with Crippen molar-refractivity contribution < 1.29 is 22.8 Å². The molecule has 0 rings (SSSR count). The first-order chi connectivity index (χ1) is 8.32. The van der Waals surface area contributed by atoms with Crippen LogP contribution in [0.15, 0.2) is 0 Å². The van der Waals surface area contributed by atoms with Gasteiger partial charge in [0.05, 0.1) is 0 Å². The molecular weight excluding hydrogens is 261 g/mol. The minimum atomic E-state index is -4.51. The van der Waals surface area contributed by atoms with Crippen LogP contribution in [0, 0.1) is 5.41 Å². The van der Waals surface area contributed by atoms with E-state index in [0.717, 1.165) is 4.90 Å². The van der Waals surface area contributed by atoms with Crippen LogP contribution in [-0.4, -0.2) is 55.0 Å². The third-order valence-corrected chi connectivity index (χ3v) is 2.23. The van der Waals surface area contributed by atoms with E-state index in [4.69, 9.17) is 0 Å². The molecule has 0 aliphatic rings. The summed E-state index contributed by atoms with van der Waals surface area (Å²) in [5.74, 6) is -1.20. The highest BCUT2D eigenvalue weighted by Crippen LogP contribution is 2.22. The summed E-state index contributed by atoms with van der Waals surface area (Å²) in [5, 5.41) is 0. The molecular formula is C12H21F3N2O2. The average Bonchev–Trinajstić information content (AvgIpc) is 2.11. The van der Waals surface area contributed by atoms with Crippen LogP contribution in [0.25, 0.3) is 0 Å². The smallest absolute Gasteiger partial charge is 0.347 e. The molecule has 0 atom stereocenters.